The highest BCUT2D eigenvalue weighted by atomic mass is 16.2. The molecule has 0 aromatic carbocycles. The monoisotopic (exact) mass is 116 g/mol. The molecule has 0 spiro atoms. The van der Waals surface area contributed by atoms with Gasteiger partial charge in [0.15, 0.2) is 0 Å². The third-order valence-corrected chi connectivity index (χ3v) is 0.891. The second-order valence-corrected chi connectivity index (χ2v) is 1.55. The van der Waals surface area contributed by atoms with Gasteiger partial charge in [-0.15, -0.1) is 0 Å². The van der Waals surface area contributed by atoms with E-state index in [-0.39, 0.29) is 13.4 Å². The van der Waals surface area contributed by atoms with Gasteiger partial charge in [0.1, 0.15) is 0 Å². The van der Waals surface area contributed by atoms with E-state index in [2.05, 4.69) is 10.6 Å². The van der Waals surface area contributed by atoms with E-state index >= 15 is 0 Å². The molecular formula is C4H8N2O2. The van der Waals surface area contributed by atoms with Crippen molar-refractivity contribution in [3.63, 3.8) is 0 Å². The van der Waals surface area contributed by atoms with Crippen LogP contribution in [0.4, 0.5) is 4.79 Å². The summed E-state index contributed by atoms with van der Waals surface area (Å²) in [6.45, 7) is 0.463. The lowest BCUT2D eigenvalue weighted by Gasteiger charge is -2.10. The van der Waals surface area contributed by atoms with Gasteiger partial charge < -0.3 is 5.32 Å². The molecule has 3 amide bonds. The van der Waals surface area contributed by atoms with Gasteiger partial charge in [0.25, 0.3) is 0 Å². The fourth-order valence-electron chi connectivity index (χ4n) is 0.523. The summed E-state index contributed by atoms with van der Waals surface area (Å²) in [7, 11) is 0. The summed E-state index contributed by atoms with van der Waals surface area (Å²) in [5.41, 5.74) is 0. The van der Waals surface area contributed by atoms with Crippen LogP contribution in [-0.2, 0) is 4.79 Å². The van der Waals surface area contributed by atoms with Crippen LogP contribution in [0, 0.1) is 0 Å². The summed E-state index contributed by atoms with van der Waals surface area (Å²) < 4.78 is 0. The molecule has 1 saturated heterocycles. The lowest BCUT2D eigenvalue weighted by molar-refractivity contribution is -0.120. The number of hydrogen-bond acceptors (Lipinski definition) is 2. The molecule has 1 aliphatic rings. The molecule has 1 fully saturated rings. The Labute approximate surface area is 47.7 Å². The standard InChI is InChI=1S/C4H6N2O2.H2/c7-3-1-2-5-4(8)6-3;/h1-2H2,(H2,5,6,7,8);1H. The number of carbonyl (C=O) groups excluding carboxylic acids is 2. The van der Waals surface area contributed by atoms with Crippen LogP contribution in [0.3, 0.4) is 0 Å². The fourth-order valence-corrected chi connectivity index (χ4v) is 0.523. The molecule has 0 aromatic rings. The van der Waals surface area contributed by atoms with Crippen molar-refractivity contribution < 1.29 is 11.0 Å². The van der Waals surface area contributed by atoms with Gasteiger partial charge in [-0.1, -0.05) is 0 Å². The minimum atomic E-state index is -0.388. The molecule has 1 rings (SSSR count). The summed E-state index contributed by atoms with van der Waals surface area (Å²) in [5, 5.41) is 4.53. The van der Waals surface area contributed by atoms with Crippen molar-refractivity contribution in [2.75, 3.05) is 6.54 Å². The average Bonchev–Trinajstić information content (AvgIpc) is 1.64. The third kappa shape index (κ3) is 0.959. The SMILES string of the molecule is O=C1CCNC(=O)N1.[HH]. The first-order valence-electron chi connectivity index (χ1n) is 2.37. The van der Waals surface area contributed by atoms with Crippen LogP contribution < -0.4 is 10.6 Å². The molecular weight excluding hydrogens is 108 g/mol. The second-order valence-electron chi connectivity index (χ2n) is 1.55. The lowest BCUT2D eigenvalue weighted by Crippen LogP contribution is -2.46. The quantitative estimate of drug-likeness (QED) is 0.446. The molecule has 1 heterocycles. The van der Waals surface area contributed by atoms with E-state index in [9.17, 15) is 9.59 Å². The molecule has 0 radical (unpaired) electrons. The number of hydrogen-bond donors (Lipinski definition) is 2. The highest BCUT2D eigenvalue weighted by molar-refractivity contribution is 5.96. The Bertz CT molecular complexity index is 123. The Morgan fingerprint density at radius 3 is 2.62 bits per heavy atom. The molecule has 8 heavy (non-hydrogen) atoms. The average molecular weight is 116 g/mol. The van der Waals surface area contributed by atoms with E-state index in [4.69, 9.17) is 0 Å². The number of carbonyl (C=O) groups is 2. The van der Waals surface area contributed by atoms with Gasteiger partial charge in [-0.2, -0.15) is 0 Å². The Kier molecular flexibility index (Phi) is 1.15. The molecule has 2 N–H and O–H groups in total. The Morgan fingerprint density at radius 2 is 2.25 bits per heavy atom. The van der Waals surface area contributed by atoms with Gasteiger partial charge in [0.2, 0.25) is 5.91 Å². The van der Waals surface area contributed by atoms with E-state index < -0.39 is 0 Å². The predicted molar refractivity (Wildman–Crippen MR) is 28.3 cm³/mol. The molecule has 0 bridgehead atoms. The van der Waals surface area contributed by atoms with Crippen LogP contribution >= 0.6 is 0 Å². The maximum atomic E-state index is 10.3. The topological polar surface area (TPSA) is 58.2 Å². The first-order valence-corrected chi connectivity index (χ1v) is 2.37. The van der Waals surface area contributed by atoms with Gasteiger partial charge in [-0.3, -0.25) is 10.1 Å². The van der Waals surface area contributed by atoms with E-state index in [0.717, 1.165) is 0 Å². The minimum Gasteiger partial charge on any atom is -0.337 e. The molecule has 0 unspecified atom stereocenters. The first-order chi connectivity index (χ1) is 3.79. The molecule has 4 heteroatoms. The molecule has 0 aliphatic carbocycles. The van der Waals surface area contributed by atoms with E-state index in [0.29, 0.717) is 13.0 Å². The van der Waals surface area contributed by atoms with E-state index in [1.165, 1.54) is 0 Å². The van der Waals surface area contributed by atoms with Crippen LogP contribution in [0.1, 0.15) is 7.85 Å². The van der Waals surface area contributed by atoms with Crippen molar-refractivity contribution in [2.45, 2.75) is 6.42 Å². The highest BCUT2D eigenvalue weighted by Gasteiger charge is 2.11. The molecule has 4 nitrogen and oxygen atoms in total. The Hall–Kier alpha value is -1.06. The highest BCUT2D eigenvalue weighted by Crippen LogP contribution is 1.82. The minimum absolute atomic E-state index is 0. The van der Waals surface area contributed by atoms with Gasteiger partial charge in [0.05, 0.1) is 0 Å². The largest absolute Gasteiger partial charge is 0.337 e. The zero-order valence-electron chi connectivity index (χ0n) is 4.23. The number of rotatable bonds is 0. The van der Waals surface area contributed by atoms with Crippen molar-refractivity contribution >= 4 is 11.9 Å². The molecule has 0 aromatic heterocycles. The normalized spacial score (nSPS) is 19.5. The van der Waals surface area contributed by atoms with E-state index in [1.54, 1.807) is 0 Å². The van der Waals surface area contributed by atoms with E-state index in [1.807, 2.05) is 0 Å². The summed E-state index contributed by atoms with van der Waals surface area (Å²) in [4.78, 5) is 20.5. The van der Waals surface area contributed by atoms with Crippen LogP contribution in [0.2, 0.25) is 0 Å². The van der Waals surface area contributed by atoms with Crippen LogP contribution in [0.25, 0.3) is 0 Å². The maximum Gasteiger partial charge on any atom is 0.321 e. The zero-order valence-corrected chi connectivity index (χ0v) is 4.23. The fraction of sp³-hybridized carbons (Fsp3) is 0.500. The number of nitrogens with one attached hydrogen (secondary N) is 2. The van der Waals surface area contributed by atoms with Crippen LogP contribution in [-0.4, -0.2) is 18.5 Å². The third-order valence-electron chi connectivity index (χ3n) is 0.891. The van der Waals surface area contributed by atoms with Crippen LogP contribution in [0.15, 0.2) is 0 Å². The Morgan fingerprint density at radius 1 is 1.50 bits per heavy atom. The first kappa shape index (κ1) is 5.08. The number of urea groups is 1. The van der Waals surface area contributed by atoms with Crippen molar-refractivity contribution in [1.29, 1.82) is 0 Å². The molecule has 0 saturated carbocycles. The summed E-state index contributed by atoms with van der Waals surface area (Å²) in [6.07, 6.45) is 0.395. The van der Waals surface area contributed by atoms with Crippen molar-refractivity contribution in [2.24, 2.45) is 0 Å². The van der Waals surface area contributed by atoms with Crippen molar-refractivity contribution in [1.82, 2.24) is 10.6 Å². The van der Waals surface area contributed by atoms with Crippen LogP contribution in [0.5, 0.6) is 0 Å². The molecule has 1 aliphatic heterocycles. The lowest BCUT2D eigenvalue weighted by atomic mass is 10.3. The predicted octanol–water partition coefficient (Wildman–Crippen LogP) is -0.538. The summed E-state index contributed by atoms with van der Waals surface area (Å²) in [6, 6.07) is -0.388. The Balaban J connectivity index is 0.000000640. The van der Waals surface area contributed by atoms with Gasteiger partial charge >= 0.3 is 6.03 Å². The summed E-state index contributed by atoms with van der Waals surface area (Å²) in [5.74, 6) is -0.200. The number of amides is 3. The van der Waals surface area contributed by atoms with Gasteiger partial charge in [0, 0.05) is 14.4 Å². The smallest absolute Gasteiger partial charge is 0.321 e. The number of imide groups is 1. The second kappa shape index (κ2) is 1.81. The van der Waals surface area contributed by atoms with Gasteiger partial charge in [-0.05, 0) is 0 Å². The van der Waals surface area contributed by atoms with Gasteiger partial charge in [-0.25, -0.2) is 4.79 Å². The maximum absolute atomic E-state index is 10.3. The zero-order chi connectivity index (χ0) is 5.98. The van der Waals surface area contributed by atoms with Crippen molar-refractivity contribution in [3.8, 4) is 0 Å². The molecule has 46 valence electrons. The summed E-state index contributed by atoms with van der Waals surface area (Å²) >= 11 is 0. The molecule has 0 atom stereocenters. The van der Waals surface area contributed by atoms with Crippen molar-refractivity contribution in [3.05, 3.63) is 0 Å².